The van der Waals surface area contributed by atoms with Gasteiger partial charge in [0.2, 0.25) is 5.91 Å². The van der Waals surface area contributed by atoms with Crippen molar-refractivity contribution in [1.29, 1.82) is 0 Å². The van der Waals surface area contributed by atoms with Crippen LogP contribution >= 0.6 is 12.4 Å². The minimum atomic E-state index is -4.57. The molecule has 21 heavy (non-hydrogen) atoms. The van der Waals surface area contributed by atoms with Gasteiger partial charge in [0, 0.05) is 0 Å². The van der Waals surface area contributed by atoms with Crippen LogP contribution in [0.3, 0.4) is 0 Å². The van der Waals surface area contributed by atoms with E-state index in [-0.39, 0.29) is 12.4 Å². The summed E-state index contributed by atoms with van der Waals surface area (Å²) in [6.07, 6.45) is -2.18. The summed E-state index contributed by atoms with van der Waals surface area (Å²) < 4.78 is 51.1. The van der Waals surface area contributed by atoms with Crippen LogP contribution in [0.2, 0.25) is 0 Å². The molecule has 1 saturated heterocycles. The monoisotopic (exact) mass is 326 g/mol. The van der Waals surface area contributed by atoms with E-state index >= 15 is 0 Å². The maximum absolute atomic E-state index is 13.5. The van der Waals surface area contributed by atoms with E-state index < -0.39 is 35.2 Å². The number of nitrogens with one attached hydrogen (secondary N) is 2. The average Bonchev–Trinajstić information content (AvgIpc) is 2.41. The highest BCUT2D eigenvalue weighted by Gasteiger charge is 2.31. The molecule has 1 aliphatic rings. The molecule has 2 rings (SSSR count). The Morgan fingerprint density at radius 1 is 1.29 bits per heavy atom. The second-order valence-electron chi connectivity index (χ2n) is 4.68. The lowest BCUT2D eigenvalue weighted by Gasteiger charge is -2.22. The van der Waals surface area contributed by atoms with E-state index in [0.29, 0.717) is 31.2 Å². The van der Waals surface area contributed by atoms with Crippen molar-refractivity contribution in [2.75, 3.05) is 11.9 Å². The Morgan fingerprint density at radius 3 is 2.57 bits per heavy atom. The Hall–Kier alpha value is -1.34. The fraction of sp³-hybridized carbons (Fsp3) is 0.462. The molecule has 8 heteroatoms. The van der Waals surface area contributed by atoms with Crippen molar-refractivity contribution in [1.82, 2.24) is 5.32 Å². The molecule has 1 fully saturated rings. The van der Waals surface area contributed by atoms with Crippen LogP contribution in [0.25, 0.3) is 0 Å². The summed E-state index contributed by atoms with van der Waals surface area (Å²) in [5.74, 6) is -1.40. The smallest absolute Gasteiger partial charge is 0.322 e. The maximum Gasteiger partial charge on any atom is 0.416 e. The van der Waals surface area contributed by atoms with E-state index in [1.54, 1.807) is 0 Å². The summed E-state index contributed by atoms with van der Waals surface area (Å²) in [7, 11) is 0. The number of halogens is 5. The summed E-state index contributed by atoms with van der Waals surface area (Å²) in [6.45, 7) is 0.670. The average molecular weight is 327 g/mol. The first kappa shape index (κ1) is 17.7. The fourth-order valence-corrected chi connectivity index (χ4v) is 2.09. The number of hydrogen-bond acceptors (Lipinski definition) is 2. The SMILES string of the molecule is Cl.O=C(Nc1cc(C(F)(F)F)ccc1F)[C@@H]1CCCCN1. The van der Waals surface area contributed by atoms with Gasteiger partial charge in [-0.1, -0.05) is 6.42 Å². The highest BCUT2D eigenvalue weighted by Crippen LogP contribution is 2.31. The second-order valence-corrected chi connectivity index (χ2v) is 4.68. The molecule has 0 aliphatic carbocycles. The lowest BCUT2D eigenvalue weighted by Crippen LogP contribution is -2.43. The number of carbonyl (C=O) groups is 1. The van der Waals surface area contributed by atoms with E-state index in [9.17, 15) is 22.4 Å². The molecule has 0 bridgehead atoms. The molecule has 118 valence electrons. The maximum atomic E-state index is 13.5. The highest BCUT2D eigenvalue weighted by atomic mass is 35.5. The van der Waals surface area contributed by atoms with Crippen LogP contribution in [0.5, 0.6) is 0 Å². The van der Waals surface area contributed by atoms with Crippen molar-refractivity contribution in [2.45, 2.75) is 31.5 Å². The predicted molar refractivity (Wildman–Crippen MR) is 72.9 cm³/mol. The summed E-state index contributed by atoms with van der Waals surface area (Å²) in [6, 6.07) is 1.46. The van der Waals surface area contributed by atoms with Crippen LogP contribution in [0.4, 0.5) is 23.2 Å². The molecule has 0 spiro atoms. The molecule has 1 heterocycles. The van der Waals surface area contributed by atoms with Crippen molar-refractivity contribution in [3.63, 3.8) is 0 Å². The van der Waals surface area contributed by atoms with Gasteiger partial charge in [-0.3, -0.25) is 4.79 Å². The Kier molecular flexibility index (Phi) is 5.98. The standard InChI is InChI=1S/C13H14F4N2O.ClH/c14-9-5-4-8(13(15,16)17)7-11(9)19-12(20)10-3-1-2-6-18-10;/h4-5,7,10,18H,1-3,6H2,(H,19,20);1H/t10-;/m0./s1. The Labute approximate surface area is 125 Å². The van der Waals surface area contributed by atoms with Gasteiger partial charge in [0.05, 0.1) is 17.3 Å². The fourth-order valence-electron chi connectivity index (χ4n) is 2.09. The number of anilines is 1. The molecule has 2 N–H and O–H groups in total. The van der Waals surface area contributed by atoms with Crippen molar-refractivity contribution in [2.24, 2.45) is 0 Å². The van der Waals surface area contributed by atoms with Crippen LogP contribution < -0.4 is 10.6 Å². The van der Waals surface area contributed by atoms with Crippen LogP contribution in [-0.2, 0) is 11.0 Å². The lowest BCUT2D eigenvalue weighted by atomic mass is 10.0. The van der Waals surface area contributed by atoms with Gasteiger partial charge in [-0.25, -0.2) is 4.39 Å². The number of benzene rings is 1. The molecule has 3 nitrogen and oxygen atoms in total. The zero-order chi connectivity index (χ0) is 14.8. The number of piperidine rings is 1. The largest absolute Gasteiger partial charge is 0.416 e. The second kappa shape index (κ2) is 7.09. The topological polar surface area (TPSA) is 41.1 Å². The zero-order valence-corrected chi connectivity index (χ0v) is 11.8. The Morgan fingerprint density at radius 2 is 2.00 bits per heavy atom. The quantitative estimate of drug-likeness (QED) is 0.818. The third kappa shape index (κ3) is 4.57. The predicted octanol–water partition coefficient (Wildman–Crippen LogP) is 3.35. The van der Waals surface area contributed by atoms with Gasteiger partial charge >= 0.3 is 6.18 Å². The highest BCUT2D eigenvalue weighted by molar-refractivity contribution is 5.95. The number of alkyl halides is 3. The first-order valence-corrected chi connectivity index (χ1v) is 6.29. The number of hydrogen-bond donors (Lipinski definition) is 2. The number of rotatable bonds is 2. The van der Waals surface area contributed by atoms with Crippen molar-refractivity contribution in [3.05, 3.63) is 29.6 Å². The van der Waals surface area contributed by atoms with E-state index in [1.165, 1.54) is 0 Å². The van der Waals surface area contributed by atoms with Crippen molar-refractivity contribution in [3.8, 4) is 0 Å². The molecule has 1 atom stereocenters. The molecule has 1 aliphatic heterocycles. The Balaban J connectivity index is 0.00000220. The van der Waals surface area contributed by atoms with Gasteiger partial charge in [0.25, 0.3) is 0 Å². The van der Waals surface area contributed by atoms with E-state index in [0.717, 1.165) is 12.8 Å². The number of carbonyl (C=O) groups excluding carboxylic acids is 1. The molecule has 0 saturated carbocycles. The summed E-state index contributed by atoms with van der Waals surface area (Å²) in [5, 5.41) is 5.16. The molecule has 0 aromatic heterocycles. The van der Waals surface area contributed by atoms with Crippen LogP contribution in [0.15, 0.2) is 18.2 Å². The van der Waals surface area contributed by atoms with Gasteiger partial charge in [-0.2, -0.15) is 13.2 Å². The van der Waals surface area contributed by atoms with Crippen molar-refractivity contribution < 1.29 is 22.4 Å². The molecule has 0 radical (unpaired) electrons. The minimum absolute atomic E-state index is 0. The minimum Gasteiger partial charge on any atom is -0.322 e. The van der Waals surface area contributed by atoms with Gasteiger partial charge in [0.15, 0.2) is 0 Å². The van der Waals surface area contributed by atoms with Gasteiger partial charge in [0.1, 0.15) is 5.82 Å². The number of amides is 1. The Bertz CT molecular complexity index is 501. The normalized spacial score (nSPS) is 18.8. The summed E-state index contributed by atoms with van der Waals surface area (Å²) >= 11 is 0. The van der Waals surface area contributed by atoms with E-state index in [4.69, 9.17) is 0 Å². The first-order valence-electron chi connectivity index (χ1n) is 6.29. The van der Waals surface area contributed by atoms with Crippen LogP contribution in [0, 0.1) is 5.82 Å². The third-order valence-corrected chi connectivity index (χ3v) is 3.18. The van der Waals surface area contributed by atoms with E-state index in [1.807, 2.05) is 0 Å². The molecule has 1 aromatic carbocycles. The lowest BCUT2D eigenvalue weighted by molar-refractivity contribution is -0.137. The molecular weight excluding hydrogens is 312 g/mol. The van der Waals surface area contributed by atoms with Crippen molar-refractivity contribution >= 4 is 24.0 Å². The van der Waals surface area contributed by atoms with Gasteiger partial charge in [-0.05, 0) is 37.6 Å². The molecule has 1 amide bonds. The summed E-state index contributed by atoms with van der Waals surface area (Å²) in [5.41, 5.74) is -1.44. The molecule has 0 unspecified atom stereocenters. The van der Waals surface area contributed by atoms with Crippen LogP contribution in [0.1, 0.15) is 24.8 Å². The van der Waals surface area contributed by atoms with Gasteiger partial charge < -0.3 is 10.6 Å². The first-order chi connectivity index (χ1) is 9.38. The van der Waals surface area contributed by atoms with Gasteiger partial charge in [-0.15, -0.1) is 12.4 Å². The molecular formula is C13H15ClF4N2O. The van der Waals surface area contributed by atoms with Crippen LogP contribution in [-0.4, -0.2) is 18.5 Å². The molecule has 1 aromatic rings. The third-order valence-electron chi connectivity index (χ3n) is 3.18. The van der Waals surface area contributed by atoms with E-state index in [2.05, 4.69) is 10.6 Å². The summed E-state index contributed by atoms with van der Waals surface area (Å²) in [4.78, 5) is 11.9. The zero-order valence-electron chi connectivity index (χ0n) is 11.0.